The molecule has 0 saturated carbocycles. The molecule has 23 heavy (non-hydrogen) atoms. The van der Waals surface area contributed by atoms with Crippen LogP contribution in [0.1, 0.15) is 16.7 Å². The lowest BCUT2D eigenvalue weighted by Gasteiger charge is -2.17. The van der Waals surface area contributed by atoms with Crippen LogP contribution in [0.15, 0.2) is 29.2 Å². The van der Waals surface area contributed by atoms with Gasteiger partial charge < -0.3 is 9.84 Å². The van der Waals surface area contributed by atoms with Crippen molar-refractivity contribution in [3.8, 4) is 11.5 Å². The van der Waals surface area contributed by atoms with Crippen molar-refractivity contribution < 1.29 is 22.7 Å². The van der Waals surface area contributed by atoms with Gasteiger partial charge in [0.2, 0.25) is 0 Å². The van der Waals surface area contributed by atoms with E-state index in [1.807, 2.05) is 0 Å². The average Bonchev–Trinajstić information content (AvgIpc) is 2.45. The lowest BCUT2D eigenvalue weighted by atomic mass is 10.1. The van der Waals surface area contributed by atoms with Crippen molar-refractivity contribution in [2.75, 3.05) is 11.8 Å². The van der Waals surface area contributed by atoms with E-state index in [1.165, 1.54) is 19.2 Å². The quantitative estimate of drug-likeness (QED) is 0.838. The van der Waals surface area contributed by atoms with Crippen LogP contribution in [-0.4, -0.2) is 20.6 Å². The molecule has 2 N–H and O–H groups in total. The molecule has 2 rings (SSSR count). The number of rotatable bonds is 4. The summed E-state index contributed by atoms with van der Waals surface area (Å²) in [5.74, 6) is -0.540. The summed E-state index contributed by atoms with van der Waals surface area (Å²) in [5, 5.41) is 9.20. The molecule has 0 aromatic heterocycles. The molecule has 0 aliphatic carbocycles. The molecule has 0 saturated heterocycles. The first-order chi connectivity index (χ1) is 10.7. The Bertz CT molecular complexity index is 863. The Balaban J connectivity index is 2.54. The minimum atomic E-state index is -3.98. The van der Waals surface area contributed by atoms with Gasteiger partial charge in [-0.3, -0.25) is 4.72 Å². The molecule has 0 bridgehead atoms. The predicted molar refractivity (Wildman–Crippen MR) is 86.1 cm³/mol. The van der Waals surface area contributed by atoms with Gasteiger partial charge in [0.05, 0.1) is 17.7 Å². The summed E-state index contributed by atoms with van der Waals surface area (Å²) in [6, 6.07) is 4.85. The number of benzene rings is 2. The standard InChI is InChI=1S/C16H18FNO4S/c1-9-7-15(22-4)10(2)11(3)16(9)23(20,21)18-14-6-5-12(19)8-13(14)17/h5-8,18-19H,1-4H3. The fourth-order valence-corrected chi connectivity index (χ4v) is 4.03. The van der Waals surface area contributed by atoms with Crippen LogP contribution in [0.5, 0.6) is 11.5 Å². The number of phenolic OH excluding ortho intramolecular Hbond substituents is 1. The van der Waals surface area contributed by atoms with E-state index in [1.54, 1.807) is 26.8 Å². The third-order valence-corrected chi connectivity index (χ3v) is 5.32. The Hall–Kier alpha value is -2.28. The van der Waals surface area contributed by atoms with Crippen LogP contribution in [0.2, 0.25) is 0 Å². The van der Waals surface area contributed by atoms with Gasteiger partial charge in [0, 0.05) is 6.07 Å². The second-order valence-electron chi connectivity index (χ2n) is 5.24. The Kier molecular flexibility index (Phi) is 4.51. The van der Waals surface area contributed by atoms with Crippen LogP contribution in [0.25, 0.3) is 0 Å². The number of methoxy groups -OCH3 is 1. The van der Waals surface area contributed by atoms with E-state index in [9.17, 15) is 17.9 Å². The molecule has 0 aliphatic heterocycles. The van der Waals surface area contributed by atoms with Crippen molar-refractivity contribution in [1.82, 2.24) is 0 Å². The highest BCUT2D eigenvalue weighted by Crippen LogP contribution is 2.32. The third-order valence-electron chi connectivity index (χ3n) is 3.66. The Morgan fingerprint density at radius 1 is 1.13 bits per heavy atom. The number of aromatic hydroxyl groups is 1. The number of anilines is 1. The molecule has 0 spiro atoms. The number of aryl methyl sites for hydroxylation is 1. The van der Waals surface area contributed by atoms with Crippen molar-refractivity contribution in [1.29, 1.82) is 0 Å². The highest BCUT2D eigenvalue weighted by atomic mass is 32.2. The summed E-state index contributed by atoms with van der Waals surface area (Å²) in [7, 11) is -2.47. The van der Waals surface area contributed by atoms with Crippen LogP contribution in [-0.2, 0) is 10.0 Å². The third kappa shape index (κ3) is 3.24. The summed E-state index contributed by atoms with van der Waals surface area (Å²) >= 11 is 0. The first-order valence-corrected chi connectivity index (χ1v) is 8.32. The summed E-state index contributed by atoms with van der Waals surface area (Å²) in [6.07, 6.45) is 0. The zero-order valence-corrected chi connectivity index (χ0v) is 14.1. The van der Waals surface area contributed by atoms with E-state index in [2.05, 4.69) is 4.72 Å². The topological polar surface area (TPSA) is 75.6 Å². The van der Waals surface area contributed by atoms with Crippen molar-refractivity contribution in [3.05, 3.63) is 46.8 Å². The van der Waals surface area contributed by atoms with Gasteiger partial charge in [-0.2, -0.15) is 0 Å². The van der Waals surface area contributed by atoms with Crippen molar-refractivity contribution in [3.63, 3.8) is 0 Å². The summed E-state index contributed by atoms with van der Waals surface area (Å²) < 4.78 is 46.5. The fraction of sp³-hybridized carbons (Fsp3) is 0.250. The molecule has 7 heteroatoms. The van der Waals surface area contributed by atoms with Crippen LogP contribution in [0.3, 0.4) is 0 Å². The molecule has 0 heterocycles. The number of nitrogens with one attached hydrogen (secondary N) is 1. The number of phenols is 1. The van der Waals surface area contributed by atoms with Gasteiger partial charge in [-0.05, 0) is 55.7 Å². The van der Waals surface area contributed by atoms with Gasteiger partial charge in [-0.1, -0.05) is 0 Å². The molecule has 0 aliphatic rings. The molecular formula is C16H18FNO4S. The Morgan fingerprint density at radius 2 is 1.78 bits per heavy atom. The highest BCUT2D eigenvalue weighted by Gasteiger charge is 2.23. The lowest BCUT2D eigenvalue weighted by Crippen LogP contribution is -2.17. The number of sulfonamides is 1. The molecule has 0 radical (unpaired) electrons. The normalized spacial score (nSPS) is 11.3. The zero-order valence-electron chi connectivity index (χ0n) is 13.3. The predicted octanol–water partition coefficient (Wildman–Crippen LogP) is 3.27. The zero-order chi connectivity index (χ0) is 17.4. The maximum atomic E-state index is 13.8. The lowest BCUT2D eigenvalue weighted by molar-refractivity contribution is 0.410. The Labute approximate surface area is 134 Å². The molecular weight excluding hydrogens is 321 g/mol. The Morgan fingerprint density at radius 3 is 2.35 bits per heavy atom. The van der Waals surface area contributed by atoms with Crippen LogP contribution >= 0.6 is 0 Å². The smallest absolute Gasteiger partial charge is 0.262 e. The van der Waals surface area contributed by atoms with Gasteiger partial charge in [0.25, 0.3) is 10.0 Å². The number of hydrogen-bond donors (Lipinski definition) is 2. The molecule has 0 unspecified atom stereocenters. The molecule has 5 nitrogen and oxygen atoms in total. The second kappa shape index (κ2) is 6.08. The van der Waals surface area contributed by atoms with Gasteiger partial charge in [-0.15, -0.1) is 0 Å². The van der Waals surface area contributed by atoms with Gasteiger partial charge >= 0.3 is 0 Å². The first kappa shape index (κ1) is 17.1. The molecule has 124 valence electrons. The van der Waals surface area contributed by atoms with Gasteiger partial charge in [-0.25, -0.2) is 12.8 Å². The summed E-state index contributed by atoms with van der Waals surface area (Å²) in [4.78, 5) is 0.0864. The minimum absolute atomic E-state index is 0.0864. The van der Waals surface area contributed by atoms with E-state index in [4.69, 9.17) is 4.74 Å². The van der Waals surface area contributed by atoms with E-state index in [0.29, 0.717) is 22.4 Å². The number of ether oxygens (including phenoxy) is 1. The monoisotopic (exact) mass is 339 g/mol. The second-order valence-corrected chi connectivity index (χ2v) is 6.86. The number of halogens is 1. The largest absolute Gasteiger partial charge is 0.508 e. The van der Waals surface area contributed by atoms with Crippen molar-refractivity contribution in [2.45, 2.75) is 25.7 Å². The molecule has 2 aromatic rings. The summed E-state index contributed by atoms with van der Waals surface area (Å²) in [5.41, 5.74) is 1.50. The minimum Gasteiger partial charge on any atom is -0.508 e. The van der Waals surface area contributed by atoms with Crippen LogP contribution in [0, 0.1) is 26.6 Å². The van der Waals surface area contributed by atoms with Crippen LogP contribution in [0.4, 0.5) is 10.1 Å². The summed E-state index contributed by atoms with van der Waals surface area (Å²) in [6.45, 7) is 5.08. The molecule has 0 atom stereocenters. The first-order valence-electron chi connectivity index (χ1n) is 6.83. The molecule has 0 amide bonds. The fourth-order valence-electron chi connectivity index (χ4n) is 2.43. The van der Waals surface area contributed by atoms with E-state index < -0.39 is 15.8 Å². The maximum absolute atomic E-state index is 13.8. The molecule has 2 aromatic carbocycles. The van der Waals surface area contributed by atoms with E-state index >= 15 is 0 Å². The van der Waals surface area contributed by atoms with Gasteiger partial charge in [0.1, 0.15) is 11.5 Å². The number of hydrogen-bond acceptors (Lipinski definition) is 4. The average molecular weight is 339 g/mol. The van der Waals surface area contributed by atoms with Crippen LogP contribution < -0.4 is 9.46 Å². The SMILES string of the molecule is COc1cc(C)c(S(=O)(=O)Nc2ccc(O)cc2F)c(C)c1C. The van der Waals surface area contributed by atoms with Crippen molar-refractivity contribution >= 4 is 15.7 Å². The van der Waals surface area contributed by atoms with E-state index in [-0.39, 0.29) is 16.3 Å². The maximum Gasteiger partial charge on any atom is 0.262 e. The van der Waals surface area contributed by atoms with E-state index in [0.717, 1.165) is 6.07 Å². The highest BCUT2D eigenvalue weighted by molar-refractivity contribution is 7.92. The molecule has 0 fully saturated rings. The van der Waals surface area contributed by atoms with Gasteiger partial charge in [0.15, 0.2) is 5.82 Å². The van der Waals surface area contributed by atoms with Crippen molar-refractivity contribution in [2.24, 2.45) is 0 Å².